The quantitative estimate of drug-likeness (QED) is 0.887. The van der Waals surface area contributed by atoms with E-state index in [1.165, 1.54) is 44.3 Å². The van der Waals surface area contributed by atoms with Crippen LogP contribution in [0.4, 0.5) is 0 Å². The lowest BCUT2D eigenvalue weighted by Gasteiger charge is -2.56. The minimum Gasteiger partial charge on any atom is -0.321 e. The smallest absolute Gasteiger partial charge is 0.167 e. The van der Waals surface area contributed by atoms with E-state index in [4.69, 9.17) is 10.7 Å². The maximum Gasteiger partial charge on any atom is 0.167 e. The summed E-state index contributed by atoms with van der Waals surface area (Å²) in [5.41, 5.74) is 6.27. The summed E-state index contributed by atoms with van der Waals surface area (Å²) in [5.74, 6) is 4.87. The predicted octanol–water partition coefficient (Wildman–Crippen LogP) is 2.30. The van der Waals surface area contributed by atoms with Crippen LogP contribution in [0.25, 0.3) is 0 Å². The maximum atomic E-state index is 5.95. The van der Waals surface area contributed by atoms with Crippen molar-refractivity contribution < 1.29 is 0 Å². The van der Waals surface area contributed by atoms with Gasteiger partial charge >= 0.3 is 0 Å². The van der Waals surface area contributed by atoms with Gasteiger partial charge in [-0.1, -0.05) is 0 Å². The summed E-state index contributed by atoms with van der Waals surface area (Å²) < 4.78 is 2.02. The summed E-state index contributed by atoms with van der Waals surface area (Å²) in [6.45, 7) is 1.97. The lowest BCUT2D eigenvalue weighted by molar-refractivity contribution is -0.0110. The molecular formula is C15H24N4. The highest BCUT2D eigenvalue weighted by atomic mass is 15.3. The van der Waals surface area contributed by atoms with Crippen molar-refractivity contribution in [2.45, 2.75) is 56.9 Å². The summed E-state index contributed by atoms with van der Waals surface area (Å²) in [6.07, 6.45) is 8.42. The third kappa shape index (κ3) is 1.69. The normalized spacial score (nSPS) is 41.7. The van der Waals surface area contributed by atoms with E-state index in [9.17, 15) is 0 Å². The molecule has 104 valence electrons. The number of hydrogen-bond acceptors (Lipinski definition) is 3. The van der Waals surface area contributed by atoms with Gasteiger partial charge in [-0.3, -0.25) is 4.68 Å². The Morgan fingerprint density at radius 3 is 2.11 bits per heavy atom. The Bertz CT molecular complexity index is 467. The third-order valence-corrected chi connectivity index (χ3v) is 5.70. The zero-order valence-corrected chi connectivity index (χ0v) is 12.0. The molecule has 4 bridgehead atoms. The first-order chi connectivity index (χ1) is 9.06. The zero-order valence-electron chi connectivity index (χ0n) is 12.0. The Balaban J connectivity index is 1.75. The van der Waals surface area contributed by atoms with Crippen LogP contribution in [0.5, 0.6) is 0 Å². The molecule has 1 heterocycles. The van der Waals surface area contributed by atoms with Crippen molar-refractivity contribution in [3.8, 4) is 0 Å². The second-order valence-electron chi connectivity index (χ2n) is 7.40. The van der Waals surface area contributed by atoms with E-state index >= 15 is 0 Å². The SMILES string of the molecule is CC(N)c1nc(C23CC4CC(CC(C4)C2)C3)n(C)n1. The molecule has 4 aliphatic rings. The van der Waals surface area contributed by atoms with Gasteiger partial charge in [0.15, 0.2) is 5.82 Å². The molecule has 19 heavy (non-hydrogen) atoms. The van der Waals surface area contributed by atoms with Crippen molar-refractivity contribution in [1.82, 2.24) is 14.8 Å². The summed E-state index contributed by atoms with van der Waals surface area (Å²) in [7, 11) is 2.05. The van der Waals surface area contributed by atoms with Crippen LogP contribution in [0.3, 0.4) is 0 Å². The molecule has 0 saturated heterocycles. The van der Waals surface area contributed by atoms with Crippen LogP contribution in [-0.2, 0) is 12.5 Å². The fraction of sp³-hybridized carbons (Fsp3) is 0.867. The topological polar surface area (TPSA) is 56.7 Å². The van der Waals surface area contributed by atoms with Crippen molar-refractivity contribution in [3.63, 3.8) is 0 Å². The first-order valence-electron chi connectivity index (χ1n) is 7.73. The predicted molar refractivity (Wildman–Crippen MR) is 73.5 cm³/mol. The Hall–Kier alpha value is -0.900. The van der Waals surface area contributed by atoms with E-state index in [0.29, 0.717) is 5.41 Å². The molecule has 2 N–H and O–H groups in total. The highest BCUT2D eigenvalue weighted by Crippen LogP contribution is 2.60. The van der Waals surface area contributed by atoms with E-state index in [2.05, 4.69) is 5.10 Å². The summed E-state index contributed by atoms with van der Waals surface area (Å²) in [5, 5.41) is 4.55. The fourth-order valence-electron chi connectivity index (χ4n) is 5.44. The van der Waals surface area contributed by atoms with Crippen molar-refractivity contribution in [1.29, 1.82) is 0 Å². The highest BCUT2D eigenvalue weighted by Gasteiger charge is 2.53. The van der Waals surface area contributed by atoms with E-state index in [1.807, 2.05) is 18.7 Å². The standard InChI is InChI=1S/C15H24N4/c1-9(16)13-17-14(19(2)18-13)15-6-10-3-11(7-15)5-12(4-10)8-15/h9-12H,3-8,16H2,1-2H3. The number of rotatable bonds is 2. The molecule has 0 aliphatic heterocycles. The van der Waals surface area contributed by atoms with Gasteiger partial charge in [-0.2, -0.15) is 5.10 Å². The van der Waals surface area contributed by atoms with Crippen LogP contribution in [0, 0.1) is 17.8 Å². The monoisotopic (exact) mass is 260 g/mol. The molecule has 4 saturated carbocycles. The average Bonchev–Trinajstić information content (AvgIpc) is 2.70. The van der Waals surface area contributed by atoms with Crippen molar-refractivity contribution >= 4 is 0 Å². The van der Waals surface area contributed by atoms with Crippen molar-refractivity contribution in [2.75, 3.05) is 0 Å². The van der Waals surface area contributed by atoms with Gasteiger partial charge in [0, 0.05) is 12.5 Å². The lowest BCUT2D eigenvalue weighted by atomic mass is 9.49. The van der Waals surface area contributed by atoms with Crippen LogP contribution >= 0.6 is 0 Å². The molecule has 0 radical (unpaired) electrons. The minimum atomic E-state index is -0.0612. The van der Waals surface area contributed by atoms with Gasteiger partial charge < -0.3 is 5.73 Å². The van der Waals surface area contributed by atoms with Gasteiger partial charge in [0.25, 0.3) is 0 Å². The van der Waals surface area contributed by atoms with Crippen molar-refractivity contribution in [3.05, 3.63) is 11.6 Å². The molecule has 1 aromatic rings. The summed E-state index contributed by atoms with van der Waals surface area (Å²) in [4.78, 5) is 4.83. The number of aryl methyl sites for hydroxylation is 1. The van der Waals surface area contributed by atoms with E-state index in [-0.39, 0.29) is 6.04 Å². The fourth-order valence-corrected chi connectivity index (χ4v) is 5.44. The van der Waals surface area contributed by atoms with Gasteiger partial charge in [0.1, 0.15) is 5.82 Å². The molecule has 0 amide bonds. The van der Waals surface area contributed by atoms with Crippen LogP contribution < -0.4 is 5.73 Å². The molecule has 4 fully saturated rings. The molecule has 4 aliphatic carbocycles. The van der Waals surface area contributed by atoms with Crippen LogP contribution in [0.15, 0.2) is 0 Å². The second-order valence-corrected chi connectivity index (χ2v) is 7.40. The number of hydrogen-bond donors (Lipinski definition) is 1. The zero-order chi connectivity index (χ0) is 13.2. The Labute approximate surface area is 114 Å². The van der Waals surface area contributed by atoms with Gasteiger partial charge in [0.05, 0.1) is 6.04 Å². The molecule has 1 atom stereocenters. The van der Waals surface area contributed by atoms with Gasteiger partial charge in [-0.15, -0.1) is 0 Å². The highest BCUT2D eigenvalue weighted by molar-refractivity contribution is 5.18. The van der Waals surface area contributed by atoms with Crippen LogP contribution in [0.2, 0.25) is 0 Å². The molecule has 0 aromatic carbocycles. The summed E-state index contributed by atoms with van der Waals surface area (Å²) in [6, 6.07) is -0.0612. The van der Waals surface area contributed by atoms with E-state index in [0.717, 1.165) is 23.6 Å². The van der Waals surface area contributed by atoms with Crippen molar-refractivity contribution in [2.24, 2.45) is 30.5 Å². The van der Waals surface area contributed by atoms with Gasteiger partial charge in [-0.25, -0.2) is 4.98 Å². The number of aromatic nitrogens is 3. The van der Waals surface area contributed by atoms with E-state index < -0.39 is 0 Å². The van der Waals surface area contributed by atoms with Crippen LogP contribution in [-0.4, -0.2) is 14.8 Å². The molecule has 0 spiro atoms. The second kappa shape index (κ2) is 3.81. The lowest BCUT2D eigenvalue weighted by Crippen LogP contribution is -2.49. The minimum absolute atomic E-state index is 0.0612. The first-order valence-corrected chi connectivity index (χ1v) is 7.73. The van der Waals surface area contributed by atoms with Gasteiger partial charge in [0.2, 0.25) is 0 Å². The first kappa shape index (κ1) is 11.9. The Morgan fingerprint density at radius 1 is 1.16 bits per heavy atom. The number of nitrogens with two attached hydrogens (primary N) is 1. The Kier molecular flexibility index (Phi) is 2.39. The number of nitrogens with zero attached hydrogens (tertiary/aromatic N) is 3. The summed E-state index contributed by atoms with van der Waals surface area (Å²) >= 11 is 0. The molecule has 1 unspecified atom stereocenters. The Morgan fingerprint density at radius 2 is 1.68 bits per heavy atom. The average molecular weight is 260 g/mol. The largest absolute Gasteiger partial charge is 0.321 e. The van der Waals surface area contributed by atoms with Crippen LogP contribution in [0.1, 0.15) is 63.1 Å². The molecule has 1 aromatic heterocycles. The van der Waals surface area contributed by atoms with E-state index in [1.54, 1.807) is 0 Å². The molecule has 4 nitrogen and oxygen atoms in total. The molecule has 5 rings (SSSR count). The molecular weight excluding hydrogens is 236 g/mol. The molecule has 4 heteroatoms. The van der Waals surface area contributed by atoms with Gasteiger partial charge in [-0.05, 0) is 63.2 Å². The third-order valence-electron chi connectivity index (χ3n) is 5.70. The maximum absolute atomic E-state index is 5.95.